The van der Waals surface area contributed by atoms with Gasteiger partial charge in [0.1, 0.15) is 6.54 Å². The molecule has 0 aliphatic carbocycles. The molecule has 0 aliphatic rings. The summed E-state index contributed by atoms with van der Waals surface area (Å²) in [6.45, 7) is -0.194. The molecule has 1 amide bonds. The molecule has 21 heavy (non-hydrogen) atoms. The van der Waals surface area contributed by atoms with Crippen molar-refractivity contribution in [2.24, 2.45) is 5.73 Å². The van der Waals surface area contributed by atoms with Gasteiger partial charge < -0.3 is 15.0 Å². The predicted octanol–water partition coefficient (Wildman–Crippen LogP) is 1.12. The van der Waals surface area contributed by atoms with Gasteiger partial charge in [0, 0.05) is 12.3 Å². The molecule has 0 bridgehead atoms. The average Bonchev–Trinajstić information content (AvgIpc) is 2.41. The van der Waals surface area contributed by atoms with E-state index in [9.17, 15) is 9.59 Å². The van der Waals surface area contributed by atoms with Crippen molar-refractivity contribution in [2.45, 2.75) is 6.54 Å². The molecule has 0 saturated carbocycles. The number of nitrogens with one attached hydrogen (secondary N) is 1. The molecule has 0 aliphatic heterocycles. The first-order valence-corrected chi connectivity index (χ1v) is 6.53. The normalized spacial score (nSPS) is 10.4. The number of carbonyl (C=O) groups excluding carboxylic acids is 1. The number of methoxy groups -OCH3 is 1. The van der Waals surface area contributed by atoms with Crippen LogP contribution in [0.1, 0.15) is 0 Å². The summed E-state index contributed by atoms with van der Waals surface area (Å²) in [7, 11) is 1.43. The van der Waals surface area contributed by atoms with Crippen LogP contribution >= 0.6 is 23.8 Å². The quantitative estimate of drug-likeness (QED) is 0.819. The molecule has 0 saturated heterocycles. The largest absolute Gasteiger partial charge is 0.481 e. The molecule has 0 atom stereocenters. The van der Waals surface area contributed by atoms with E-state index in [2.05, 4.69) is 9.97 Å². The molecule has 3 N–H and O–H groups in total. The summed E-state index contributed by atoms with van der Waals surface area (Å²) in [5.74, 6) is -0.356. The van der Waals surface area contributed by atoms with Gasteiger partial charge in [-0.15, -0.1) is 0 Å². The van der Waals surface area contributed by atoms with E-state index in [0.717, 1.165) is 0 Å². The van der Waals surface area contributed by atoms with Crippen LogP contribution in [-0.4, -0.2) is 27.6 Å². The van der Waals surface area contributed by atoms with Crippen molar-refractivity contribution in [3.05, 3.63) is 38.5 Å². The molecule has 7 nitrogen and oxygen atoms in total. The third-order valence-corrected chi connectivity index (χ3v) is 3.16. The summed E-state index contributed by atoms with van der Waals surface area (Å²) < 4.78 is 6.60. The number of hydrogen-bond donors (Lipinski definition) is 2. The number of nitrogens with two attached hydrogens (primary N) is 1. The lowest BCUT2D eigenvalue weighted by molar-refractivity contribution is -0.118. The Kier molecular flexibility index (Phi) is 4.39. The Labute approximate surface area is 129 Å². The van der Waals surface area contributed by atoms with E-state index < -0.39 is 11.5 Å². The fraction of sp³-hybridized carbons (Fsp3) is 0.167. The van der Waals surface area contributed by atoms with Crippen molar-refractivity contribution in [1.82, 2.24) is 14.5 Å². The monoisotopic (exact) mass is 326 g/mol. The van der Waals surface area contributed by atoms with Crippen molar-refractivity contribution in [2.75, 3.05) is 7.11 Å². The Morgan fingerprint density at radius 3 is 2.90 bits per heavy atom. The van der Waals surface area contributed by atoms with Crippen molar-refractivity contribution >= 4 is 29.7 Å². The maximum Gasteiger partial charge on any atom is 0.252 e. The molecule has 0 fully saturated rings. The summed E-state index contributed by atoms with van der Waals surface area (Å²) >= 11 is 11.0. The van der Waals surface area contributed by atoms with E-state index in [1.54, 1.807) is 6.07 Å². The molecule has 9 heteroatoms. The van der Waals surface area contributed by atoms with Gasteiger partial charge >= 0.3 is 0 Å². The summed E-state index contributed by atoms with van der Waals surface area (Å²) in [5.41, 5.74) is 5.56. The molecule has 2 aromatic heterocycles. The molecule has 2 heterocycles. The SMILES string of the molecule is COc1ncc(Cl)cc1-c1cc(=O)[nH]c(=S)n1CC(N)=O. The second-order valence-corrected chi connectivity index (χ2v) is 4.91. The Hall–Kier alpha value is -2.19. The third-order valence-electron chi connectivity index (χ3n) is 2.63. The minimum atomic E-state index is -0.603. The smallest absolute Gasteiger partial charge is 0.252 e. The zero-order valence-corrected chi connectivity index (χ0v) is 12.5. The second kappa shape index (κ2) is 6.06. The summed E-state index contributed by atoms with van der Waals surface area (Å²) in [5, 5.41) is 0.350. The number of nitrogens with zero attached hydrogens (tertiary/aromatic N) is 2. The lowest BCUT2D eigenvalue weighted by Gasteiger charge is -2.14. The first kappa shape index (κ1) is 15.2. The standard InChI is InChI=1S/C12H11ClN4O3S/c1-20-11-7(2-6(13)4-15-11)8-3-10(19)16-12(21)17(8)5-9(14)18/h2-4H,5H2,1H3,(H2,14,18)(H,16,19,21). The zero-order valence-electron chi connectivity index (χ0n) is 10.9. The Balaban J connectivity index is 2.79. The van der Waals surface area contributed by atoms with E-state index in [1.807, 2.05) is 0 Å². The van der Waals surface area contributed by atoms with E-state index in [0.29, 0.717) is 16.3 Å². The number of H-pyrrole nitrogens is 1. The van der Waals surface area contributed by atoms with Crippen LogP contribution < -0.4 is 16.0 Å². The van der Waals surface area contributed by atoms with E-state index in [-0.39, 0.29) is 17.2 Å². The topological polar surface area (TPSA) is 103 Å². The molecule has 0 radical (unpaired) electrons. The van der Waals surface area contributed by atoms with Crippen LogP contribution in [0, 0.1) is 4.77 Å². The number of primary amides is 1. The number of hydrogen-bond acceptors (Lipinski definition) is 5. The highest BCUT2D eigenvalue weighted by Gasteiger charge is 2.15. The van der Waals surface area contributed by atoms with E-state index in [1.165, 1.54) is 23.9 Å². The number of aromatic amines is 1. The van der Waals surface area contributed by atoms with Crippen molar-refractivity contribution in [1.29, 1.82) is 0 Å². The van der Waals surface area contributed by atoms with Crippen LogP contribution in [-0.2, 0) is 11.3 Å². The fourth-order valence-electron chi connectivity index (χ4n) is 1.83. The lowest BCUT2D eigenvalue weighted by atomic mass is 10.2. The van der Waals surface area contributed by atoms with Crippen LogP contribution in [0.25, 0.3) is 11.3 Å². The first-order valence-electron chi connectivity index (χ1n) is 5.74. The molecule has 2 rings (SSSR count). The Bertz CT molecular complexity index is 815. The van der Waals surface area contributed by atoms with Gasteiger partial charge in [-0.3, -0.25) is 14.6 Å². The number of rotatable bonds is 4. The van der Waals surface area contributed by atoms with Gasteiger partial charge in [0.25, 0.3) is 5.56 Å². The van der Waals surface area contributed by atoms with Crippen molar-refractivity contribution in [3.63, 3.8) is 0 Å². The minimum absolute atomic E-state index is 0.0679. The number of pyridine rings is 1. The second-order valence-electron chi connectivity index (χ2n) is 4.09. The maximum absolute atomic E-state index is 11.7. The number of halogens is 1. The average molecular weight is 327 g/mol. The van der Waals surface area contributed by atoms with Gasteiger partial charge in [0.15, 0.2) is 4.77 Å². The van der Waals surface area contributed by atoms with Crippen molar-refractivity contribution in [3.8, 4) is 17.1 Å². The number of ether oxygens (including phenoxy) is 1. The van der Waals surface area contributed by atoms with E-state index in [4.69, 9.17) is 34.3 Å². The number of carbonyl (C=O) groups is 1. The van der Waals surface area contributed by atoms with Gasteiger partial charge in [-0.25, -0.2) is 4.98 Å². The third kappa shape index (κ3) is 3.29. The van der Waals surface area contributed by atoms with Crippen molar-refractivity contribution < 1.29 is 9.53 Å². The molecule has 2 aromatic rings. The van der Waals surface area contributed by atoms with Gasteiger partial charge in [-0.05, 0) is 18.3 Å². The Morgan fingerprint density at radius 2 is 2.29 bits per heavy atom. The van der Waals surface area contributed by atoms with Gasteiger partial charge in [-0.2, -0.15) is 0 Å². The predicted molar refractivity (Wildman–Crippen MR) is 79.9 cm³/mol. The number of aromatic nitrogens is 3. The van der Waals surface area contributed by atoms with Gasteiger partial charge in [0.2, 0.25) is 11.8 Å². The van der Waals surface area contributed by atoms with Crippen LogP contribution in [0.5, 0.6) is 5.88 Å². The molecular weight excluding hydrogens is 316 g/mol. The van der Waals surface area contributed by atoms with Gasteiger partial charge in [0.05, 0.1) is 23.4 Å². The lowest BCUT2D eigenvalue weighted by Crippen LogP contribution is -2.23. The van der Waals surface area contributed by atoms with Crippen LogP contribution in [0.4, 0.5) is 0 Å². The maximum atomic E-state index is 11.7. The summed E-state index contributed by atoms with van der Waals surface area (Å²) in [4.78, 5) is 29.3. The molecule has 110 valence electrons. The van der Waals surface area contributed by atoms with E-state index >= 15 is 0 Å². The van der Waals surface area contributed by atoms with Crippen LogP contribution in [0.3, 0.4) is 0 Å². The summed E-state index contributed by atoms with van der Waals surface area (Å²) in [6.07, 6.45) is 1.41. The molecule has 0 aromatic carbocycles. The highest BCUT2D eigenvalue weighted by molar-refractivity contribution is 7.71. The Morgan fingerprint density at radius 1 is 1.57 bits per heavy atom. The van der Waals surface area contributed by atoms with Crippen LogP contribution in [0.15, 0.2) is 23.1 Å². The highest BCUT2D eigenvalue weighted by atomic mass is 35.5. The molecule has 0 spiro atoms. The first-order chi connectivity index (χ1) is 9.92. The van der Waals surface area contributed by atoms with Crippen LogP contribution in [0.2, 0.25) is 5.02 Å². The summed E-state index contributed by atoms with van der Waals surface area (Å²) in [6, 6.07) is 2.84. The van der Waals surface area contributed by atoms with Gasteiger partial charge in [-0.1, -0.05) is 11.6 Å². The fourth-order valence-corrected chi connectivity index (χ4v) is 2.25. The minimum Gasteiger partial charge on any atom is -0.481 e. The highest BCUT2D eigenvalue weighted by Crippen LogP contribution is 2.29. The molecular formula is C12H11ClN4O3S. The number of amides is 1. The zero-order chi connectivity index (χ0) is 15.6. The molecule has 0 unspecified atom stereocenters.